The predicted molar refractivity (Wildman–Crippen MR) is 62.9 cm³/mol. The second kappa shape index (κ2) is 4.47. The highest BCUT2D eigenvalue weighted by atomic mass is 19.1. The highest BCUT2D eigenvalue weighted by Gasteiger charge is 2.07. The molecule has 0 saturated heterocycles. The Labute approximate surface area is 97.3 Å². The molecular weight excluding hydrogens is 221 g/mol. The molecule has 0 aliphatic carbocycles. The third kappa shape index (κ3) is 2.24. The molecule has 0 unspecified atom stereocenters. The molecule has 3 N–H and O–H groups in total. The van der Waals surface area contributed by atoms with Crippen molar-refractivity contribution in [3.8, 4) is 11.4 Å². The van der Waals surface area contributed by atoms with Crippen LogP contribution >= 0.6 is 0 Å². The lowest BCUT2D eigenvalue weighted by atomic mass is 10.1. The van der Waals surface area contributed by atoms with Crippen LogP contribution in [0.5, 0.6) is 0 Å². The van der Waals surface area contributed by atoms with E-state index in [0.717, 1.165) is 5.56 Å². The number of H-pyrrole nitrogens is 1. The van der Waals surface area contributed by atoms with E-state index < -0.39 is 0 Å². The van der Waals surface area contributed by atoms with Gasteiger partial charge in [0.2, 0.25) is 0 Å². The lowest BCUT2D eigenvalue weighted by Crippen LogP contribution is -2.17. The average molecular weight is 233 g/mol. The summed E-state index contributed by atoms with van der Waals surface area (Å²) < 4.78 is 13.1. The Morgan fingerprint density at radius 2 is 2.24 bits per heavy atom. The maximum absolute atomic E-state index is 13.1. The van der Waals surface area contributed by atoms with E-state index in [1.54, 1.807) is 6.07 Å². The first-order chi connectivity index (χ1) is 8.11. The van der Waals surface area contributed by atoms with Crippen molar-refractivity contribution in [2.24, 2.45) is 5.73 Å². The largest absolute Gasteiger partial charge is 0.326 e. The maximum Gasteiger partial charge on any atom is 0.255 e. The maximum atomic E-state index is 13.1. The van der Waals surface area contributed by atoms with Crippen molar-refractivity contribution < 1.29 is 4.39 Å². The SMILES string of the molecule is Cc1ccc(F)cc1-c1ncc(CN)c(=O)[nH]1. The average Bonchev–Trinajstić information content (AvgIpc) is 2.32. The number of nitrogens with one attached hydrogen (secondary N) is 1. The molecule has 0 radical (unpaired) electrons. The standard InChI is InChI=1S/C12H12FN3O/c1-7-2-3-9(13)4-10(7)11-15-6-8(5-14)12(17)16-11/h2-4,6H,5,14H2,1H3,(H,15,16,17). The number of halogens is 1. The number of hydrogen-bond donors (Lipinski definition) is 2. The zero-order valence-electron chi connectivity index (χ0n) is 9.33. The number of benzene rings is 1. The quantitative estimate of drug-likeness (QED) is 0.822. The molecule has 0 atom stereocenters. The van der Waals surface area contributed by atoms with Gasteiger partial charge in [0.1, 0.15) is 11.6 Å². The smallest absolute Gasteiger partial charge is 0.255 e. The molecule has 0 aliphatic heterocycles. The molecule has 1 heterocycles. The van der Waals surface area contributed by atoms with Gasteiger partial charge in [0, 0.05) is 23.9 Å². The van der Waals surface area contributed by atoms with Gasteiger partial charge in [-0.05, 0) is 24.6 Å². The van der Waals surface area contributed by atoms with Crippen molar-refractivity contribution in [3.63, 3.8) is 0 Å². The van der Waals surface area contributed by atoms with Crippen molar-refractivity contribution in [1.29, 1.82) is 0 Å². The highest BCUT2D eigenvalue weighted by molar-refractivity contribution is 5.59. The Morgan fingerprint density at radius 1 is 1.47 bits per heavy atom. The number of nitrogens with two attached hydrogens (primary N) is 1. The molecule has 0 bridgehead atoms. The zero-order chi connectivity index (χ0) is 12.4. The fourth-order valence-corrected chi connectivity index (χ4v) is 1.55. The van der Waals surface area contributed by atoms with Gasteiger partial charge in [-0.15, -0.1) is 0 Å². The van der Waals surface area contributed by atoms with E-state index >= 15 is 0 Å². The molecule has 0 saturated carbocycles. The van der Waals surface area contributed by atoms with Gasteiger partial charge in [0.25, 0.3) is 5.56 Å². The van der Waals surface area contributed by atoms with Crippen LogP contribution in [0.2, 0.25) is 0 Å². The highest BCUT2D eigenvalue weighted by Crippen LogP contribution is 2.19. The topological polar surface area (TPSA) is 71.8 Å². The molecule has 88 valence electrons. The van der Waals surface area contributed by atoms with E-state index in [9.17, 15) is 9.18 Å². The Balaban J connectivity index is 2.57. The first kappa shape index (κ1) is 11.5. The lowest BCUT2D eigenvalue weighted by Gasteiger charge is -2.05. The number of rotatable bonds is 2. The predicted octanol–water partition coefficient (Wildman–Crippen LogP) is 1.34. The first-order valence-corrected chi connectivity index (χ1v) is 5.16. The van der Waals surface area contributed by atoms with Gasteiger partial charge in [0.15, 0.2) is 0 Å². The second-order valence-electron chi connectivity index (χ2n) is 3.75. The summed E-state index contributed by atoms with van der Waals surface area (Å²) in [5, 5.41) is 0. The Bertz CT molecular complexity index is 607. The van der Waals surface area contributed by atoms with Crippen LogP contribution in [0.15, 0.2) is 29.2 Å². The Kier molecular flexibility index (Phi) is 3.01. The van der Waals surface area contributed by atoms with Crippen molar-refractivity contribution in [1.82, 2.24) is 9.97 Å². The number of aromatic amines is 1. The summed E-state index contributed by atoms with van der Waals surface area (Å²) in [6.45, 7) is 1.95. The fourth-order valence-electron chi connectivity index (χ4n) is 1.55. The van der Waals surface area contributed by atoms with Crippen LogP contribution in [0, 0.1) is 12.7 Å². The van der Waals surface area contributed by atoms with E-state index in [2.05, 4.69) is 9.97 Å². The van der Waals surface area contributed by atoms with Crippen molar-refractivity contribution >= 4 is 0 Å². The summed E-state index contributed by atoms with van der Waals surface area (Å²) in [6, 6.07) is 4.35. The van der Waals surface area contributed by atoms with E-state index in [4.69, 9.17) is 5.73 Å². The van der Waals surface area contributed by atoms with Gasteiger partial charge in [-0.1, -0.05) is 6.07 Å². The monoisotopic (exact) mass is 233 g/mol. The summed E-state index contributed by atoms with van der Waals surface area (Å²) >= 11 is 0. The van der Waals surface area contributed by atoms with Crippen LogP contribution in [-0.4, -0.2) is 9.97 Å². The Morgan fingerprint density at radius 3 is 2.88 bits per heavy atom. The fraction of sp³-hybridized carbons (Fsp3) is 0.167. The third-order valence-corrected chi connectivity index (χ3v) is 2.55. The molecule has 0 spiro atoms. The Hall–Kier alpha value is -2.01. The van der Waals surface area contributed by atoms with Crippen molar-refractivity contribution in [3.05, 3.63) is 51.7 Å². The van der Waals surface area contributed by atoms with Gasteiger partial charge in [0.05, 0.1) is 0 Å². The van der Waals surface area contributed by atoms with Crippen LogP contribution < -0.4 is 11.3 Å². The normalized spacial score (nSPS) is 10.5. The zero-order valence-corrected chi connectivity index (χ0v) is 9.33. The molecule has 0 fully saturated rings. The van der Waals surface area contributed by atoms with Crippen LogP contribution in [0.25, 0.3) is 11.4 Å². The van der Waals surface area contributed by atoms with Crippen molar-refractivity contribution in [2.45, 2.75) is 13.5 Å². The van der Waals surface area contributed by atoms with Crippen LogP contribution in [-0.2, 0) is 6.54 Å². The van der Waals surface area contributed by atoms with Gasteiger partial charge in [-0.2, -0.15) is 0 Å². The summed E-state index contributed by atoms with van der Waals surface area (Å²) in [5.41, 5.74) is 6.91. The number of nitrogens with zero attached hydrogens (tertiary/aromatic N) is 1. The number of aromatic nitrogens is 2. The van der Waals surface area contributed by atoms with Crippen LogP contribution in [0.4, 0.5) is 4.39 Å². The van der Waals surface area contributed by atoms with Crippen LogP contribution in [0.3, 0.4) is 0 Å². The number of aryl methyl sites for hydroxylation is 1. The van der Waals surface area contributed by atoms with Gasteiger partial charge in [-0.3, -0.25) is 4.79 Å². The molecule has 2 aromatic rings. The van der Waals surface area contributed by atoms with Gasteiger partial charge < -0.3 is 10.7 Å². The molecule has 17 heavy (non-hydrogen) atoms. The van der Waals surface area contributed by atoms with E-state index in [1.807, 2.05) is 6.92 Å². The molecule has 1 aromatic carbocycles. The molecular formula is C12H12FN3O. The second-order valence-corrected chi connectivity index (χ2v) is 3.75. The summed E-state index contributed by atoms with van der Waals surface area (Å²) in [6.07, 6.45) is 1.42. The molecule has 0 aliphatic rings. The van der Waals surface area contributed by atoms with Crippen molar-refractivity contribution in [2.75, 3.05) is 0 Å². The minimum absolute atomic E-state index is 0.130. The minimum atomic E-state index is -0.365. The molecule has 0 amide bonds. The molecule has 1 aromatic heterocycles. The summed E-state index contributed by atoms with van der Waals surface area (Å²) in [7, 11) is 0. The summed E-state index contributed by atoms with van der Waals surface area (Å²) in [4.78, 5) is 18.2. The molecule has 5 heteroatoms. The van der Waals surface area contributed by atoms with Gasteiger partial charge in [-0.25, -0.2) is 9.37 Å². The third-order valence-electron chi connectivity index (χ3n) is 2.55. The van der Waals surface area contributed by atoms with E-state index in [1.165, 1.54) is 18.3 Å². The van der Waals surface area contributed by atoms with Crippen LogP contribution in [0.1, 0.15) is 11.1 Å². The lowest BCUT2D eigenvalue weighted by molar-refractivity contribution is 0.627. The van der Waals surface area contributed by atoms with E-state index in [-0.39, 0.29) is 17.9 Å². The first-order valence-electron chi connectivity index (χ1n) is 5.16. The summed E-state index contributed by atoms with van der Waals surface area (Å²) in [5.74, 6) is -0.0136. The van der Waals surface area contributed by atoms with E-state index in [0.29, 0.717) is 17.0 Å². The van der Waals surface area contributed by atoms with Gasteiger partial charge >= 0.3 is 0 Å². The molecule has 2 rings (SSSR count). The minimum Gasteiger partial charge on any atom is -0.326 e. The number of hydrogen-bond acceptors (Lipinski definition) is 3. The molecule has 4 nitrogen and oxygen atoms in total.